The Morgan fingerprint density at radius 1 is 1.00 bits per heavy atom. The topological polar surface area (TPSA) is 61.8 Å². The van der Waals surface area contributed by atoms with Crippen molar-refractivity contribution >= 4 is 5.91 Å². The van der Waals surface area contributed by atoms with Crippen LogP contribution in [-0.4, -0.2) is 42.0 Å². The lowest BCUT2D eigenvalue weighted by Crippen LogP contribution is -2.49. The van der Waals surface area contributed by atoms with Crippen LogP contribution in [0.1, 0.15) is 47.9 Å². The smallest absolute Gasteiger partial charge is 0.416 e. The first kappa shape index (κ1) is 29.9. The molecule has 0 aromatic heterocycles. The SMILES string of the molecule is COc1cc(CN2CCC(CC3CC3(F)F)(C(=O)NCc3cc(C(F)(F)F)cc(C(F)(F)F)c3)CC2)ccc1O. The monoisotopic (exact) mass is 580 g/mol. The van der Waals surface area contributed by atoms with Gasteiger partial charge in [0.05, 0.1) is 23.7 Å². The van der Waals surface area contributed by atoms with E-state index in [1.165, 1.54) is 13.2 Å². The highest BCUT2D eigenvalue weighted by molar-refractivity contribution is 5.83. The Balaban J connectivity index is 1.48. The largest absolute Gasteiger partial charge is 0.504 e. The minimum Gasteiger partial charge on any atom is -0.504 e. The average Bonchev–Trinajstić information content (AvgIpc) is 3.48. The van der Waals surface area contributed by atoms with Gasteiger partial charge < -0.3 is 15.2 Å². The minimum absolute atomic E-state index is 0.00138. The Bertz CT molecular complexity index is 1210. The average molecular weight is 581 g/mol. The Morgan fingerprint density at radius 2 is 1.57 bits per heavy atom. The molecule has 2 aromatic rings. The number of phenols is 1. The van der Waals surface area contributed by atoms with Gasteiger partial charge in [-0.05, 0) is 73.8 Å². The molecule has 1 saturated carbocycles. The summed E-state index contributed by atoms with van der Waals surface area (Å²) in [4.78, 5) is 15.3. The molecule has 1 aliphatic carbocycles. The standard InChI is InChI=1S/C27H28F8N2O3/c1-40-22-10-16(2-3-21(22)38)15-37-6-4-24(5-7-37,12-20-13-25(20,28)29)23(39)36-14-17-8-18(26(30,31)32)11-19(9-17)27(33,34)35/h2-3,8-11,20,38H,4-7,12-15H2,1H3,(H,36,39). The Kier molecular flexibility index (Phi) is 8.00. The van der Waals surface area contributed by atoms with Crippen LogP contribution in [0.4, 0.5) is 35.1 Å². The predicted molar refractivity (Wildman–Crippen MR) is 128 cm³/mol. The molecule has 2 N–H and O–H groups in total. The lowest BCUT2D eigenvalue weighted by molar-refractivity contribution is -0.143. The third kappa shape index (κ3) is 6.79. The van der Waals surface area contributed by atoms with Crippen molar-refractivity contribution in [3.63, 3.8) is 0 Å². The molecule has 4 rings (SSSR count). The van der Waals surface area contributed by atoms with E-state index >= 15 is 0 Å². The van der Waals surface area contributed by atoms with Gasteiger partial charge in [-0.3, -0.25) is 9.69 Å². The zero-order valence-corrected chi connectivity index (χ0v) is 21.4. The van der Waals surface area contributed by atoms with Gasteiger partial charge >= 0.3 is 12.4 Å². The van der Waals surface area contributed by atoms with E-state index < -0.39 is 58.8 Å². The summed E-state index contributed by atoms with van der Waals surface area (Å²) in [6.45, 7) is 0.497. The number of methoxy groups -OCH3 is 1. The maximum absolute atomic E-state index is 13.8. The normalized spacial score (nSPS) is 20.7. The molecule has 2 aromatic carbocycles. The maximum Gasteiger partial charge on any atom is 0.416 e. The van der Waals surface area contributed by atoms with Crippen LogP contribution in [0.25, 0.3) is 0 Å². The summed E-state index contributed by atoms with van der Waals surface area (Å²) >= 11 is 0. The number of carbonyl (C=O) groups excluding carboxylic acids is 1. The van der Waals surface area contributed by atoms with E-state index in [2.05, 4.69) is 5.32 Å². The number of phenolic OH excluding ortho intramolecular Hbond substituents is 1. The van der Waals surface area contributed by atoms with Crippen LogP contribution in [0.15, 0.2) is 36.4 Å². The fourth-order valence-corrected chi connectivity index (χ4v) is 5.20. The number of halogens is 8. The first-order chi connectivity index (χ1) is 18.5. The first-order valence-electron chi connectivity index (χ1n) is 12.6. The van der Waals surface area contributed by atoms with E-state index in [9.17, 15) is 45.0 Å². The van der Waals surface area contributed by atoms with E-state index in [0.29, 0.717) is 31.8 Å². The second-order valence-electron chi connectivity index (χ2n) is 10.5. The summed E-state index contributed by atoms with van der Waals surface area (Å²) < 4.78 is 112. The summed E-state index contributed by atoms with van der Waals surface area (Å²) in [5, 5.41) is 12.2. The van der Waals surface area contributed by atoms with Gasteiger partial charge in [0.2, 0.25) is 5.91 Å². The van der Waals surface area contributed by atoms with Crippen molar-refractivity contribution in [2.75, 3.05) is 20.2 Å². The van der Waals surface area contributed by atoms with Crippen molar-refractivity contribution < 1.29 is 49.8 Å². The van der Waals surface area contributed by atoms with Gasteiger partial charge in [-0.25, -0.2) is 8.78 Å². The van der Waals surface area contributed by atoms with Crippen LogP contribution in [0.3, 0.4) is 0 Å². The minimum atomic E-state index is -5.03. The van der Waals surface area contributed by atoms with Crippen molar-refractivity contribution in [2.24, 2.45) is 11.3 Å². The molecule has 1 heterocycles. The van der Waals surface area contributed by atoms with Crippen molar-refractivity contribution in [3.05, 3.63) is 58.7 Å². The third-order valence-electron chi connectivity index (χ3n) is 7.64. The fourth-order valence-electron chi connectivity index (χ4n) is 5.20. The van der Waals surface area contributed by atoms with Crippen molar-refractivity contribution in [1.82, 2.24) is 10.2 Å². The summed E-state index contributed by atoms with van der Waals surface area (Å²) in [5.41, 5.74) is -3.84. The first-order valence-corrected chi connectivity index (χ1v) is 12.6. The van der Waals surface area contributed by atoms with Gasteiger partial charge in [-0.1, -0.05) is 6.07 Å². The molecule has 0 radical (unpaired) electrons. The summed E-state index contributed by atoms with van der Waals surface area (Å²) in [7, 11) is 1.41. The number of rotatable bonds is 8. The molecule has 40 heavy (non-hydrogen) atoms. The maximum atomic E-state index is 13.8. The van der Waals surface area contributed by atoms with Gasteiger partial charge in [0.15, 0.2) is 11.5 Å². The number of ether oxygens (including phenoxy) is 1. The van der Waals surface area contributed by atoms with E-state index in [0.717, 1.165) is 5.56 Å². The van der Waals surface area contributed by atoms with Crippen molar-refractivity contribution in [2.45, 2.75) is 57.0 Å². The molecular weight excluding hydrogens is 552 g/mol. The van der Waals surface area contributed by atoms with Gasteiger partial charge in [0, 0.05) is 25.4 Å². The molecular formula is C27H28F8N2O3. The van der Waals surface area contributed by atoms with E-state index in [1.807, 2.05) is 4.90 Å². The predicted octanol–water partition coefficient (Wildman–Crippen LogP) is 6.38. The number of aromatic hydroxyl groups is 1. The number of nitrogens with one attached hydrogen (secondary N) is 1. The number of benzene rings is 2. The zero-order valence-electron chi connectivity index (χ0n) is 21.4. The molecule has 1 unspecified atom stereocenters. The van der Waals surface area contributed by atoms with Crippen LogP contribution in [0.5, 0.6) is 11.5 Å². The van der Waals surface area contributed by atoms with Crippen LogP contribution in [0, 0.1) is 11.3 Å². The molecule has 2 fully saturated rings. The lowest BCUT2D eigenvalue weighted by atomic mass is 9.73. The fraction of sp³-hybridized carbons (Fsp3) is 0.519. The number of likely N-dealkylation sites (tertiary alicyclic amines) is 1. The highest BCUT2D eigenvalue weighted by atomic mass is 19.4. The number of piperidine rings is 1. The number of carbonyl (C=O) groups is 1. The number of hydrogen-bond donors (Lipinski definition) is 2. The summed E-state index contributed by atoms with van der Waals surface area (Å²) in [6, 6.07) is 5.89. The highest BCUT2D eigenvalue weighted by Crippen LogP contribution is 2.56. The number of alkyl halides is 8. The number of nitrogens with zero attached hydrogens (tertiary/aromatic N) is 1. The Morgan fingerprint density at radius 3 is 2.08 bits per heavy atom. The number of amides is 1. The van der Waals surface area contributed by atoms with Crippen molar-refractivity contribution in [1.29, 1.82) is 0 Å². The third-order valence-corrected chi connectivity index (χ3v) is 7.64. The second kappa shape index (κ2) is 10.7. The molecule has 1 aliphatic heterocycles. The Labute approximate surface area is 225 Å². The van der Waals surface area contributed by atoms with Crippen LogP contribution < -0.4 is 10.1 Å². The van der Waals surface area contributed by atoms with Crippen LogP contribution in [-0.2, 0) is 30.2 Å². The van der Waals surface area contributed by atoms with E-state index in [-0.39, 0.29) is 43.2 Å². The van der Waals surface area contributed by atoms with E-state index in [1.54, 1.807) is 12.1 Å². The zero-order chi connectivity index (χ0) is 29.5. The molecule has 1 saturated heterocycles. The molecule has 0 spiro atoms. The highest BCUT2D eigenvalue weighted by Gasteiger charge is 2.60. The van der Waals surface area contributed by atoms with Gasteiger partial charge in [-0.15, -0.1) is 0 Å². The molecule has 0 bridgehead atoms. The molecule has 220 valence electrons. The summed E-state index contributed by atoms with van der Waals surface area (Å²) in [5.74, 6) is -4.35. The van der Waals surface area contributed by atoms with Gasteiger partial charge in [0.1, 0.15) is 0 Å². The molecule has 5 nitrogen and oxygen atoms in total. The Hall–Kier alpha value is -3.09. The molecule has 13 heteroatoms. The molecule has 2 aliphatic rings. The number of hydrogen-bond acceptors (Lipinski definition) is 4. The molecule has 1 amide bonds. The molecule has 1 atom stereocenters. The quantitative estimate of drug-likeness (QED) is 0.356. The van der Waals surface area contributed by atoms with Crippen LogP contribution >= 0.6 is 0 Å². The van der Waals surface area contributed by atoms with Crippen LogP contribution in [0.2, 0.25) is 0 Å². The van der Waals surface area contributed by atoms with Gasteiger partial charge in [0.25, 0.3) is 5.92 Å². The second-order valence-corrected chi connectivity index (χ2v) is 10.5. The van der Waals surface area contributed by atoms with Gasteiger partial charge in [-0.2, -0.15) is 26.3 Å². The van der Waals surface area contributed by atoms with Crippen molar-refractivity contribution in [3.8, 4) is 11.5 Å². The van der Waals surface area contributed by atoms with E-state index in [4.69, 9.17) is 4.74 Å². The lowest BCUT2D eigenvalue weighted by Gasteiger charge is -2.41. The summed E-state index contributed by atoms with van der Waals surface area (Å²) in [6.07, 6.45) is -10.2.